The van der Waals surface area contributed by atoms with E-state index in [1.54, 1.807) is 11.3 Å². The molecule has 4 aromatic rings. The van der Waals surface area contributed by atoms with Crippen LogP contribution in [0.4, 0.5) is 0 Å². The third kappa shape index (κ3) is 4.28. The number of benzene rings is 3. The average Bonchev–Trinajstić information content (AvgIpc) is 3.21. The van der Waals surface area contributed by atoms with Crippen LogP contribution in [0.3, 0.4) is 0 Å². The monoisotopic (exact) mass is 399 g/mol. The van der Waals surface area contributed by atoms with Gasteiger partial charge in [0.15, 0.2) is 0 Å². The molecule has 1 aromatic heterocycles. The first-order chi connectivity index (χ1) is 14.3. The van der Waals surface area contributed by atoms with Gasteiger partial charge in [-0.15, -0.1) is 11.3 Å². The van der Waals surface area contributed by atoms with Gasteiger partial charge in [-0.1, -0.05) is 84.9 Å². The standard InChI is InChI=1S/C25H21NO2S/c1-2-28-22(27)17-20-15-9-10-16-21(20)25-26-23(18-11-5-3-6-12-18)24(29-25)19-13-7-4-8-14-19/h3-16H,2,17H2,1H3. The lowest BCUT2D eigenvalue weighted by Crippen LogP contribution is -2.08. The molecule has 0 fully saturated rings. The molecule has 0 aliphatic carbocycles. The molecule has 3 nitrogen and oxygen atoms in total. The predicted octanol–water partition coefficient (Wildman–Crippen LogP) is 6.25. The molecule has 0 N–H and O–H groups in total. The quantitative estimate of drug-likeness (QED) is 0.360. The molecule has 0 aliphatic rings. The maximum absolute atomic E-state index is 12.1. The summed E-state index contributed by atoms with van der Waals surface area (Å²) in [5.41, 5.74) is 5.08. The molecular weight excluding hydrogens is 378 g/mol. The van der Waals surface area contributed by atoms with Crippen molar-refractivity contribution in [2.45, 2.75) is 13.3 Å². The van der Waals surface area contributed by atoms with Crippen LogP contribution in [-0.2, 0) is 16.0 Å². The van der Waals surface area contributed by atoms with Gasteiger partial charge in [0.1, 0.15) is 5.01 Å². The van der Waals surface area contributed by atoms with Crippen LogP contribution in [0.2, 0.25) is 0 Å². The number of carbonyl (C=O) groups excluding carboxylic acids is 1. The van der Waals surface area contributed by atoms with E-state index in [4.69, 9.17) is 9.72 Å². The Morgan fingerprint density at radius 1 is 0.862 bits per heavy atom. The largest absolute Gasteiger partial charge is 0.466 e. The minimum atomic E-state index is -0.219. The summed E-state index contributed by atoms with van der Waals surface area (Å²) < 4.78 is 5.15. The molecule has 4 heteroatoms. The molecule has 4 rings (SSSR count). The minimum absolute atomic E-state index is 0.219. The second-order valence-electron chi connectivity index (χ2n) is 6.57. The van der Waals surface area contributed by atoms with Crippen molar-refractivity contribution in [3.05, 3.63) is 90.5 Å². The number of ether oxygens (including phenoxy) is 1. The van der Waals surface area contributed by atoms with Crippen molar-refractivity contribution in [3.8, 4) is 32.3 Å². The van der Waals surface area contributed by atoms with E-state index >= 15 is 0 Å². The number of rotatable bonds is 6. The Morgan fingerprint density at radius 3 is 2.17 bits per heavy atom. The Hall–Kier alpha value is -3.24. The molecule has 0 atom stereocenters. The molecule has 29 heavy (non-hydrogen) atoms. The van der Waals surface area contributed by atoms with Crippen LogP contribution in [-0.4, -0.2) is 17.6 Å². The van der Waals surface area contributed by atoms with E-state index in [1.165, 1.54) is 0 Å². The fraction of sp³-hybridized carbons (Fsp3) is 0.120. The second kappa shape index (κ2) is 8.84. The van der Waals surface area contributed by atoms with E-state index in [2.05, 4.69) is 24.3 Å². The molecule has 0 radical (unpaired) electrons. The second-order valence-corrected chi connectivity index (χ2v) is 7.57. The molecule has 0 saturated carbocycles. The van der Waals surface area contributed by atoms with Crippen LogP contribution >= 0.6 is 11.3 Å². The van der Waals surface area contributed by atoms with E-state index in [0.717, 1.165) is 37.8 Å². The topological polar surface area (TPSA) is 39.2 Å². The summed E-state index contributed by atoms with van der Waals surface area (Å²) in [6.07, 6.45) is 0.241. The smallest absolute Gasteiger partial charge is 0.310 e. The van der Waals surface area contributed by atoms with Crippen molar-refractivity contribution in [3.63, 3.8) is 0 Å². The molecule has 0 bridgehead atoms. The highest BCUT2D eigenvalue weighted by Crippen LogP contribution is 2.41. The third-order valence-electron chi connectivity index (χ3n) is 4.60. The summed E-state index contributed by atoms with van der Waals surface area (Å²) in [4.78, 5) is 18.2. The first kappa shape index (κ1) is 19.1. The molecule has 0 amide bonds. The van der Waals surface area contributed by atoms with Crippen LogP contribution in [0, 0.1) is 0 Å². The van der Waals surface area contributed by atoms with E-state index < -0.39 is 0 Å². The minimum Gasteiger partial charge on any atom is -0.466 e. The highest BCUT2D eigenvalue weighted by molar-refractivity contribution is 7.19. The van der Waals surface area contributed by atoms with E-state index in [0.29, 0.717) is 6.61 Å². The zero-order valence-electron chi connectivity index (χ0n) is 16.2. The highest BCUT2D eigenvalue weighted by Gasteiger charge is 2.18. The van der Waals surface area contributed by atoms with Gasteiger partial charge in [0.05, 0.1) is 23.6 Å². The van der Waals surface area contributed by atoms with E-state index in [-0.39, 0.29) is 12.4 Å². The van der Waals surface area contributed by atoms with Crippen molar-refractivity contribution < 1.29 is 9.53 Å². The summed E-state index contributed by atoms with van der Waals surface area (Å²) in [6, 6.07) is 28.4. The maximum atomic E-state index is 12.1. The lowest BCUT2D eigenvalue weighted by atomic mass is 10.0. The Kier molecular flexibility index (Phi) is 5.82. The number of hydrogen-bond donors (Lipinski definition) is 0. The summed E-state index contributed by atoms with van der Waals surface area (Å²) in [6.45, 7) is 2.21. The highest BCUT2D eigenvalue weighted by atomic mass is 32.1. The summed E-state index contributed by atoms with van der Waals surface area (Å²) in [7, 11) is 0. The maximum Gasteiger partial charge on any atom is 0.310 e. The van der Waals surface area contributed by atoms with Crippen LogP contribution in [0.15, 0.2) is 84.9 Å². The van der Waals surface area contributed by atoms with Gasteiger partial charge >= 0.3 is 5.97 Å². The van der Waals surface area contributed by atoms with Crippen molar-refractivity contribution in [1.29, 1.82) is 0 Å². The molecule has 0 saturated heterocycles. The molecule has 3 aromatic carbocycles. The normalized spacial score (nSPS) is 10.7. The first-order valence-electron chi connectivity index (χ1n) is 9.62. The van der Waals surface area contributed by atoms with Crippen LogP contribution in [0.1, 0.15) is 12.5 Å². The number of nitrogens with zero attached hydrogens (tertiary/aromatic N) is 1. The molecule has 0 spiro atoms. The lowest BCUT2D eigenvalue weighted by molar-refractivity contribution is -0.142. The number of esters is 1. The molecule has 1 heterocycles. The number of hydrogen-bond acceptors (Lipinski definition) is 4. The first-order valence-corrected chi connectivity index (χ1v) is 10.4. The van der Waals surface area contributed by atoms with Gasteiger partial charge in [-0.3, -0.25) is 4.79 Å². The van der Waals surface area contributed by atoms with Crippen molar-refractivity contribution >= 4 is 17.3 Å². The van der Waals surface area contributed by atoms with Gasteiger partial charge in [-0.25, -0.2) is 4.98 Å². The predicted molar refractivity (Wildman–Crippen MR) is 119 cm³/mol. The third-order valence-corrected chi connectivity index (χ3v) is 5.74. The van der Waals surface area contributed by atoms with Gasteiger partial charge < -0.3 is 4.74 Å². The lowest BCUT2D eigenvalue weighted by Gasteiger charge is -2.06. The molecule has 0 unspecified atom stereocenters. The average molecular weight is 400 g/mol. The number of thiazole rings is 1. The SMILES string of the molecule is CCOC(=O)Cc1ccccc1-c1nc(-c2ccccc2)c(-c2ccccc2)s1. The van der Waals surface area contributed by atoms with Crippen LogP contribution in [0.5, 0.6) is 0 Å². The van der Waals surface area contributed by atoms with Crippen LogP contribution in [0.25, 0.3) is 32.3 Å². The summed E-state index contributed by atoms with van der Waals surface area (Å²) in [5, 5.41) is 0.905. The summed E-state index contributed by atoms with van der Waals surface area (Å²) in [5.74, 6) is -0.219. The molecule has 144 valence electrons. The van der Waals surface area contributed by atoms with Crippen molar-refractivity contribution in [2.24, 2.45) is 0 Å². The summed E-state index contributed by atoms with van der Waals surface area (Å²) >= 11 is 1.65. The number of aromatic nitrogens is 1. The van der Waals surface area contributed by atoms with Crippen molar-refractivity contribution in [1.82, 2.24) is 4.98 Å². The Labute approximate surface area is 174 Å². The Balaban J connectivity index is 1.83. The van der Waals surface area contributed by atoms with Gasteiger partial charge in [0.2, 0.25) is 0 Å². The molecule has 0 aliphatic heterocycles. The Bertz CT molecular complexity index is 1050. The van der Waals surface area contributed by atoms with Gasteiger partial charge in [0, 0.05) is 11.1 Å². The molecular formula is C25H21NO2S. The Morgan fingerprint density at radius 2 is 1.48 bits per heavy atom. The zero-order chi connectivity index (χ0) is 20.1. The zero-order valence-corrected chi connectivity index (χ0v) is 17.0. The fourth-order valence-corrected chi connectivity index (χ4v) is 4.42. The van der Waals surface area contributed by atoms with E-state index in [9.17, 15) is 4.79 Å². The van der Waals surface area contributed by atoms with Gasteiger partial charge in [-0.05, 0) is 18.1 Å². The van der Waals surface area contributed by atoms with Crippen LogP contribution < -0.4 is 0 Å². The fourth-order valence-electron chi connectivity index (χ4n) is 3.26. The van der Waals surface area contributed by atoms with Gasteiger partial charge in [-0.2, -0.15) is 0 Å². The number of carbonyl (C=O) groups is 1. The van der Waals surface area contributed by atoms with Gasteiger partial charge in [0.25, 0.3) is 0 Å². The van der Waals surface area contributed by atoms with Crippen molar-refractivity contribution in [2.75, 3.05) is 6.61 Å². The van der Waals surface area contributed by atoms with E-state index in [1.807, 2.05) is 67.6 Å².